The van der Waals surface area contributed by atoms with E-state index in [1.807, 2.05) is 0 Å². The predicted octanol–water partition coefficient (Wildman–Crippen LogP) is 2.82. The van der Waals surface area contributed by atoms with Gasteiger partial charge in [-0.1, -0.05) is 15.9 Å². The highest BCUT2D eigenvalue weighted by Gasteiger charge is 2.12. The topological polar surface area (TPSA) is 68.0 Å². The molecule has 0 spiro atoms. The third-order valence-corrected chi connectivity index (χ3v) is 2.70. The van der Waals surface area contributed by atoms with Crippen LogP contribution in [0.3, 0.4) is 0 Å². The highest BCUT2D eigenvalue weighted by Crippen LogP contribution is 2.16. The van der Waals surface area contributed by atoms with E-state index < -0.39 is 11.7 Å². The second-order valence-corrected chi connectivity index (χ2v) is 4.47. The first-order valence-corrected chi connectivity index (χ1v) is 5.83. The molecule has 0 unspecified atom stereocenters. The van der Waals surface area contributed by atoms with Gasteiger partial charge in [0.1, 0.15) is 11.6 Å². The number of amides is 1. The van der Waals surface area contributed by atoms with Crippen molar-refractivity contribution in [3.8, 4) is 0 Å². The third-order valence-electron chi connectivity index (χ3n) is 2.20. The van der Waals surface area contributed by atoms with Gasteiger partial charge in [-0.3, -0.25) is 4.79 Å². The van der Waals surface area contributed by atoms with Crippen LogP contribution in [0.1, 0.15) is 10.4 Å². The number of carbonyl (C=O) groups excluding carboxylic acids is 1. The number of carbonyl (C=O) groups is 1. The maximum absolute atomic E-state index is 13.5. The van der Waals surface area contributed by atoms with Gasteiger partial charge in [-0.05, 0) is 30.3 Å². The Morgan fingerprint density at radius 2 is 2.11 bits per heavy atom. The standard InChI is InChI=1S/C12H9BrFN3O/c13-7-1-3-9(10(14)5-7)12(18)17-11-4-2-8(15)6-16-11/h1-6H,15H2,(H,16,17,18). The van der Waals surface area contributed by atoms with Gasteiger partial charge >= 0.3 is 0 Å². The van der Waals surface area contributed by atoms with Gasteiger partial charge in [0.2, 0.25) is 0 Å². The van der Waals surface area contributed by atoms with Gasteiger partial charge in [-0.15, -0.1) is 0 Å². The molecule has 92 valence electrons. The van der Waals surface area contributed by atoms with Crippen LogP contribution in [0.5, 0.6) is 0 Å². The Hall–Kier alpha value is -1.95. The van der Waals surface area contributed by atoms with Crippen LogP contribution in [-0.2, 0) is 0 Å². The summed E-state index contributed by atoms with van der Waals surface area (Å²) in [5.41, 5.74) is 5.91. The minimum absolute atomic E-state index is 0.0446. The van der Waals surface area contributed by atoms with E-state index in [9.17, 15) is 9.18 Å². The smallest absolute Gasteiger partial charge is 0.259 e. The number of hydrogen-bond acceptors (Lipinski definition) is 3. The molecule has 1 heterocycles. The normalized spacial score (nSPS) is 10.1. The number of nitrogen functional groups attached to an aromatic ring is 1. The summed E-state index contributed by atoms with van der Waals surface area (Å²) in [6.07, 6.45) is 1.41. The summed E-state index contributed by atoms with van der Waals surface area (Å²) in [5, 5.41) is 2.48. The van der Waals surface area contributed by atoms with Gasteiger partial charge in [-0.2, -0.15) is 0 Å². The third kappa shape index (κ3) is 2.84. The van der Waals surface area contributed by atoms with Gasteiger partial charge in [0, 0.05) is 4.47 Å². The molecule has 0 radical (unpaired) electrons. The number of rotatable bonds is 2. The number of hydrogen-bond donors (Lipinski definition) is 2. The maximum atomic E-state index is 13.5. The zero-order valence-electron chi connectivity index (χ0n) is 9.15. The molecule has 18 heavy (non-hydrogen) atoms. The second-order valence-electron chi connectivity index (χ2n) is 3.56. The van der Waals surface area contributed by atoms with E-state index in [2.05, 4.69) is 26.2 Å². The molecule has 4 nitrogen and oxygen atoms in total. The fraction of sp³-hybridized carbons (Fsp3) is 0. The van der Waals surface area contributed by atoms with Crippen LogP contribution < -0.4 is 11.1 Å². The average Bonchev–Trinajstić information content (AvgIpc) is 2.32. The SMILES string of the molecule is Nc1ccc(NC(=O)c2ccc(Br)cc2F)nc1. The van der Waals surface area contributed by atoms with E-state index in [1.54, 1.807) is 18.2 Å². The summed E-state index contributed by atoms with van der Waals surface area (Å²) >= 11 is 3.12. The first-order valence-electron chi connectivity index (χ1n) is 5.04. The molecule has 1 aromatic heterocycles. The van der Waals surface area contributed by atoms with E-state index >= 15 is 0 Å². The molecule has 1 aromatic carbocycles. The molecule has 6 heteroatoms. The van der Waals surface area contributed by atoms with Gasteiger partial charge in [0.05, 0.1) is 17.4 Å². The van der Waals surface area contributed by atoms with Crippen molar-refractivity contribution >= 4 is 33.3 Å². The monoisotopic (exact) mass is 309 g/mol. The molecule has 0 aliphatic heterocycles. The first-order chi connectivity index (χ1) is 8.56. The maximum Gasteiger partial charge on any atom is 0.259 e. The molecule has 3 N–H and O–H groups in total. The van der Waals surface area contributed by atoms with Crippen molar-refractivity contribution in [3.05, 3.63) is 52.4 Å². The Kier molecular flexibility index (Phi) is 3.57. The fourth-order valence-electron chi connectivity index (χ4n) is 1.34. The molecule has 0 bridgehead atoms. The van der Waals surface area contributed by atoms with Crippen molar-refractivity contribution < 1.29 is 9.18 Å². The number of pyridine rings is 1. The molecule has 0 aliphatic carbocycles. The summed E-state index contributed by atoms with van der Waals surface area (Å²) in [4.78, 5) is 15.7. The van der Waals surface area contributed by atoms with Gasteiger partial charge in [0.15, 0.2) is 0 Å². The number of nitrogens with zero attached hydrogens (tertiary/aromatic N) is 1. The molecule has 0 fully saturated rings. The van der Waals surface area contributed by atoms with Crippen LogP contribution in [0.25, 0.3) is 0 Å². The van der Waals surface area contributed by atoms with Crippen molar-refractivity contribution in [2.75, 3.05) is 11.1 Å². The number of anilines is 2. The Bertz CT molecular complexity index is 586. The molecular weight excluding hydrogens is 301 g/mol. The first kappa shape index (κ1) is 12.5. The fourth-order valence-corrected chi connectivity index (χ4v) is 1.67. The van der Waals surface area contributed by atoms with Crippen LogP contribution in [0.2, 0.25) is 0 Å². The molecule has 0 atom stereocenters. The number of halogens is 2. The van der Waals surface area contributed by atoms with Crippen LogP contribution in [0, 0.1) is 5.82 Å². The Labute approximate surface area is 111 Å². The molecule has 0 saturated heterocycles. The molecule has 0 aliphatic rings. The summed E-state index contributed by atoms with van der Waals surface area (Å²) < 4.78 is 14.1. The largest absolute Gasteiger partial charge is 0.397 e. The Morgan fingerprint density at radius 1 is 1.33 bits per heavy atom. The van der Waals surface area contributed by atoms with E-state index in [0.29, 0.717) is 16.0 Å². The van der Waals surface area contributed by atoms with Gasteiger partial charge < -0.3 is 11.1 Å². The number of benzene rings is 1. The van der Waals surface area contributed by atoms with E-state index in [0.717, 1.165) is 0 Å². The van der Waals surface area contributed by atoms with Crippen molar-refractivity contribution in [3.63, 3.8) is 0 Å². The van der Waals surface area contributed by atoms with Crippen LogP contribution in [0.4, 0.5) is 15.9 Å². The van der Waals surface area contributed by atoms with Gasteiger partial charge in [-0.25, -0.2) is 9.37 Å². The second kappa shape index (κ2) is 5.14. The number of nitrogens with two attached hydrogens (primary N) is 1. The van der Waals surface area contributed by atoms with E-state index in [-0.39, 0.29) is 5.56 Å². The highest BCUT2D eigenvalue weighted by molar-refractivity contribution is 9.10. The van der Waals surface area contributed by atoms with Crippen LogP contribution >= 0.6 is 15.9 Å². The van der Waals surface area contributed by atoms with Crippen LogP contribution in [0.15, 0.2) is 41.0 Å². The lowest BCUT2D eigenvalue weighted by atomic mass is 10.2. The predicted molar refractivity (Wildman–Crippen MR) is 70.7 cm³/mol. The molecule has 1 amide bonds. The molecule has 2 rings (SSSR count). The molecule has 0 saturated carbocycles. The summed E-state index contributed by atoms with van der Waals surface area (Å²) in [7, 11) is 0. The molecular formula is C12H9BrFN3O. The lowest BCUT2D eigenvalue weighted by Gasteiger charge is -2.05. The average molecular weight is 310 g/mol. The van der Waals surface area contributed by atoms with Crippen molar-refractivity contribution in [2.24, 2.45) is 0 Å². The number of aromatic nitrogens is 1. The quantitative estimate of drug-likeness (QED) is 0.896. The van der Waals surface area contributed by atoms with Crippen molar-refractivity contribution in [2.45, 2.75) is 0 Å². The van der Waals surface area contributed by atoms with E-state index in [1.165, 1.54) is 18.3 Å². The van der Waals surface area contributed by atoms with Crippen LogP contribution in [-0.4, -0.2) is 10.9 Å². The van der Waals surface area contributed by atoms with Crippen molar-refractivity contribution in [1.29, 1.82) is 0 Å². The Morgan fingerprint density at radius 3 is 2.72 bits per heavy atom. The van der Waals surface area contributed by atoms with E-state index in [4.69, 9.17) is 5.73 Å². The number of nitrogens with one attached hydrogen (secondary N) is 1. The highest BCUT2D eigenvalue weighted by atomic mass is 79.9. The lowest BCUT2D eigenvalue weighted by molar-refractivity contribution is 0.102. The molecule has 2 aromatic rings. The lowest BCUT2D eigenvalue weighted by Crippen LogP contribution is -2.14. The Balaban J connectivity index is 2.19. The zero-order valence-corrected chi connectivity index (χ0v) is 10.7. The van der Waals surface area contributed by atoms with Gasteiger partial charge in [0.25, 0.3) is 5.91 Å². The summed E-state index contributed by atoms with van der Waals surface area (Å²) in [5.74, 6) is -0.842. The summed E-state index contributed by atoms with van der Waals surface area (Å²) in [6, 6.07) is 7.36. The minimum atomic E-state index is -0.600. The minimum Gasteiger partial charge on any atom is -0.397 e. The zero-order chi connectivity index (χ0) is 13.1. The summed E-state index contributed by atoms with van der Waals surface area (Å²) in [6.45, 7) is 0. The van der Waals surface area contributed by atoms with Crippen molar-refractivity contribution in [1.82, 2.24) is 4.98 Å².